The van der Waals surface area contributed by atoms with E-state index >= 15 is 0 Å². The summed E-state index contributed by atoms with van der Waals surface area (Å²) in [6.45, 7) is 9.14. The molecule has 8 aromatic rings. The number of methoxy groups -OCH3 is 1. The Kier molecular flexibility index (Phi) is 16.5. The Bertz CT molecular complexity index is 7290. The fourth-order valence-corrected chi connectivity index (χ4v) is 39.9. The molecule has 0 bridgehead atoms. The third-order valence-corrected chi connectivity index (χ3v) is 44.0. The number of benzene rings is 4. The van der Waals surface area contributed by atoms with Crippen molar-refractivity contribution in [2.75, 3.05) is 26.9 Å². The number of aliphatic carboxylic acids is 4. The Hall–Kier alpha value is -11.8. The first-order valence-corrected chi connectivity index (χ1v) is 51.4. The van der Waals surface area contributed by atoms with Gasteiger partial charge in [0, 0.05) is 107 Å². The number of carboxylic acid groups (broad SMARTS) is 4. The van der Waals surface area contributed by atoms with Gasteiger partial charge >= 0.3 is 47.8 Å². The highest BCUT2D eigenvalue weighted by Crippen LogP contribution is 3.15. The number of allylic oxidation sites excluding steroid dienone is 4. The second kappa shape index (κ2) is 27.2. The van der Waals surface area contributed by atoms with Gasteiger partial charge in [-0.2, -0.15) is 0 Å². The van der Waals surface area contributed by atoms with Gasteiger partial charge in [-0.05, 0) is 229 Å². The number of aliphatic imine (C=N–C) groups is 4. The van der Waals surface area contributed by atoms with Crippen LogP contribution in [-0.4, -0.2) is 138 Å². The SMILES string of the molecule is CCOC(=O)C1=C(C23C4C5C2C2C3C4C52C(=O)O)NC(c2nccs2)=NC1c1ccc(F)c(F)c1Cl.CCOC(=O)C1=C(C23C4C5C2C2C3C4C52C(=O)O)NC(c2nccs2)=NC1c1ccc(F)cc1Cl.CCOC(=O)C1=C(C23C4C5C2C2C3C4C52C(=O)O)NC(c2nccs2)=NC1c1cccc(F)c1C.COC(=O)C1=C(C23C4C5C2C2C3C4C52C(=O)O)NC(c2nccs2)=NC1c1cccc(F)c1C. The molecule has 28 nitrogen and oxygen atoms in total. The number of carbonyl (C=O) groups excluding carboxylic acids is 4. The molecule has 0 spiro atoms. The summed E-state index contributed by atoms with van der Waals surface area (Å²) in [6.07, 6.45) is 6.73. The average Bonchev–Trinajstić information content (AvgIpc) is 0.633. The van der Waals surface area contributed by atoms with Crippen molar-refractivity contribution in [1.29, 1.82) is 0 Å². The molecule has 4 unspecified atom stereocenters. The highest BCUT2D eigenvalue weighted by atomic mass is 35.5. The van der Waals surface area contributed by atoms with Gasteiger partial charge in [0.25, 0.3) is 0 Å². The Morgan fingerprint density at radius 1 is 0.364 bits per heavy atom. The average molecular weight is 2010 g/mol. The smallest absolute Gasteiger partial charge is 0.338 e. The van der Waals surface area contributed by atoms with Gasteiger partial charge in [0.15, 0.2) is 55.0 Å². The lowest BCUT2D eigenvalue weighted by atomic mass is 8.92. The second-order valence-corrected chi connectivity index (χ2v) is 46.2. The summed E-state index contributed by atoms with van der Waals surface area (Å²) < 4.78 is 93.3. The molecule has 8 heterocycles. The van der Waals surface area contributed by atoms with Crippen LogP contribution in [0.5, 0.6) is 0 Å². The number of nitrogens with zero attached hydrogens (tertiary/aromatic N) is 8. The molecule has 0 saturated heterocycles. The standard InChI is InChI=1S/C26H22FN3O4S.C25H18ClF2N3O4S.C25H19ClFN3O4S.C25H20FN3O4S/c1-3-34-23(31)12-19(10-5-4-6-11(27)9(10)2)29-21(22-28-7-8-35-22)30-20(12)25-13-16-14(25)18-15(25)17(13)26(16,18)24(32)33;1-2-35-22(32)9-18(7-3-4-8(27)17(28)16(7)26)30-20(21-29-5-6-36-21)31-19(9)24-10-13-11(24)15-12(24)14(10)25(13,15)23(33)34;1-2-34-22(31)11-18(9-4-3-8(27)7-10(9)26)29-20(21-28-5-6-35-21)30-19(11)24-12-15-13(24)17-14(24)16(12)25(15,17)23(32)33;1-8-9(4-3-5-10(8)26)18-11(22(30)33-2)19(29-20(28-18)21-27-6-7-34-21)24-12-15-13(24)17-14(24)16(12)25(15,17)23(31)32/h4-8,13-19H,3H2,1-2H3,(H,29,30)(H,32,33);3-6,10-15,18H,2H2,1H3,(H,30,31)(H,33,34);3-7,12-18H,2H2,1H3,(H,29,30)(H,32,33);3-7,12-18H,1-2H3,(H,28,29)(H,31,32). The molecule has 24 saturated carbocycles. The van der Waals surface area contributed by atoms with E-state index in [1.807, 2.05) is 22.2 Å². The maximum absolute atomic E-state index is 14.6. The minimum absolute atomic E-state index is 0.121. The number of carboxylic acids is 4. The molecule has 0 amide bonds. The maximum atomic E-state index is 14.6. The van der Waals surface area contributed by atoms with Crippen LogP contribution in [-0.2, 0) is 57.3 Å². The van der Waals surface area contributed by atoms with Crippen molar-refractivity contribution in [3.8, 4) is 0 Å². The molecule has 4 aliphatic heterocycles. The van der Waals surface area contributed by atoms with Gasteiger partial charge in [0.05, 0.1) is 75.9 Å². The zero-order valence-corrected chi connectivity index (χ0v) is 79.1. The first-order chi connectivity index (χ1) is 67.5. The molecule has 0 radical (unpaired) electrons. The summed E-state index contributed by atoms with van der Waals surface area (Å²) in [5.41, 5.74) is 4.17. The van der Waals surface area contributed by atoms with Crippen LogP contribution in [0.3, 0.4) is 0 Å². The van der Waals surface area contributed by atoms with E-state index in [2.05, 4.69) is 41.2 Å². The monoisotopic (exact) mass is 2010 g/mol. The summed E-state index contributed by atoms with van der Waals surface area (Å²) in [6, 6.07) is 12.8. The lowest BCUT2D eigenvalue weighted by Gasteiger charge is -3.10. The molecule has 140 heavy (non-hydrogen) atoms. The fourth-order valence-electron chi connectivity index (χ4n) is 37.0. The van der Waals surface area contributed by atoms with E-state index in [1.165, 1.54) is 82.8 Å². The number of thiazole rings is 4. The van der Waals surface area contributed by atoms with Crippen molar-refractivity contribution in [1.82, 2.24) is 41.2 Å². The van der Waals surface area contributed by atoms with Gasteiger partial charge in [-0.25, -0.2) is 61.1 Å². The van der Waals surface area contributed by atoms with Crippen molar-refractivity contribution >= 4 is 140 Å². The number of hydrogen-bond acceptors (Lipinski definition) is 28. The summed E-state index contributed by atoms with van der Waals surface area (Å²) >= 11 is 18.4. The molecule has 4 atom stereocenters. The molecule has 36 rings (SSSR count). The third kappa shape index (κ3) is 8.41. The zero-order valence-electron chi connectivity index (χ0n) is 74.3. The maximum Gasteiger partial charge on any atom is 0.338 e. The van der Waals surface area contributed by atoms with Crippen LogP contribution in [0, 0.1) is 228 Å². The summed E-state index contributed by atoms with van der Waals surface area (Å²) in [5, 5.41) is 63.2. The van der Waals surface area contributed by atoms with E-state index in [4.69, 9.17) is 62.1 Å². The van der Waals surface area contributed by atoms with Gasteiger partial charge in [-0.1, -0.05) is 59.6 Å². The van der Waals surface area contributed by atoms with Gasteiger partial charge < -0.3 is 60.6 Å². The number of carbonyl (C=O) groups is 8. The fraction of sp³-hybridized carbons (Fsp3) is 0.446. The highest BCUT2D eigenvalue weighted by Gasteiger charge is 3.16. The lowest BCUT2D eigenvalue weighted by molar-refractivity contribution is -0.633. The number of ether oxygens (including phenoxy) is 4. The van der Waals surface area contributed by atoms with Crippen LogP contribution in [0.25, 0.3) is 0 Å². The Balaban J connectivity index is 0.0000000896. The molecule has 712 valence electrons. The number of hydrogen-bond donors (Lipinski definition) is 8. The van der Waals surface area contributed by atoms with Crippen LogP contribution in [0.2, 0.25) is 10.0 Å². The molecule has 39 heteroatoms. The van der Waals surface area contributed by atoms with E-state index < -0.39 is 116 Å². The topological polar surface area (TPSA) is 404 Å². The third-order valence-electron chi connectivity index (χ3n) is 40.2. The molecule has 24 fully saturated rings. The van der Waals surface area contributed by atoms with E-state index in [-0.39, 0.29) is 211 Å². The van der Waals surface area contributed by atoms with Crippen molar-refractivity contribution in [3.05, 3.63) is 251 Å². The zero-order chi connectivity index (χ0) is 96.2. The van der Waals surface area contributed by atoms with Crippen molar-refractivity contribution in [3.63, 3.8) is 0 Å². The number of aromatic nitrogens is 4. The molecule has 8 N–H and O–H groups in total. The normalized spacial score (nSPS) is 42.3. The van der Waals surface area contributed by atoms with Gasteiger partial charge in [0.1, 0.15) is 41.6 Å². The molecule has 4 aromatic carbocycles. The highest BCUT2D eigenvalue weighted by molar-refractivity contribution is 7.12. The van der Waals surface area contributed by atoms with Crippen LogP contribution in [0.1, 0.15) is 98.3 Å². The van der Waals surface area contributed by atoms with E-state index in [9.17, 15) is 80.7 Å². The minimum Gasteiger partial charge on any atom is -0.481 e. The quantitative estimate of drug-likeness (QED) is 0.0128. The van der Waals surface area contributed by atoms with Crippen LogP contribution >= 0.6 is 68.5 Å². The molecule has 24 aliphatic carbocycles. The lowest BCUT2D eigenvalue weighted by Crippen LogP contribution is -3.11. The van der Waals surface area contributed by atoms with Crippen LogP contribution < -0.4 is 21.3 Å². The van der Waals surface area contributed by atoms with Gasteiger partial charge in [-0.3, -0.25) is 39.1 Å². The Labute approximate surface area is 816 Å². The molecular formula is C101H79Cl2F5N12O16S4. The number of amidine groups is 4. The Morgan fingerprint density at radius 3 is 0.893 bits per heavy atom. The molecule has 4 aromatic heterocycles. The van der Waals surface area contributed by atoms with Gasteiger partial charge in [-0.15, -0.1) is 45.3 Å². The molecular weight excluding hydrogens is 1930 g/mol. The van der Waals surface area contributed by atoms with Crippen molar-refractivity contribution in [2.45, 2.75) is 58.8 Å². The number of halogens is 7. The Morgan fingerprint density at radius 2 is 0.636 bits per heavy atom. The number of nitrogens with one attached hydrogen (secondary N) is 4. The predicted molar refractivity (Wildman–Crippen MR) is 487 cm³/mol. The van der Waals surface area contributed by atoms with Crippen LogP contribution in [0.4, 0.5) is 22.0 Å². The van der Waals surface area contributed by atoms with E-state index in [0.717, 1.165) is 23.2 Å². The largest absolute Gasteiger partial charge is 0.481 e. The minimum atomic E-state index is -1.21. The van der Waals surface area contributed by atoms with Crippen molar-refractivity contribution in [2.24, 2.45) is 205 Å². The van der Waals surface area contributed by atoms with E-state index in [1.54, 1.807) is 89.1 Å². The predicted octanol–water partition coefficient (Wildman–Crippen LogP) is 13.7. The first kappa shape index (κ1) is 85.0. The van der Waals surface area contributed by atoms with Crippen LogP contribution in [0.15, 0.2) is 178 Å². The number of esters is 4. The van der Waals surface area contributed by atoms with Gasteiger partial charge in [0.2, 0.25) is 0 Å². The summed E-state index contributed by atoms with van der Waals surface area (Å²) in [4.78, 5) is 139. The summed E-state index contributed by atoms with van der Waals surface area (Å²) in [5.74, 6) is -0.977. The molecule has 28 aliphatic rings. The number of rotatable bonds is 23. The summed E-state index contributed by atoms with van der Waals surface area (Å²) in [7, 11) is 1.35. The van der Waals surface area contributed by atoms with Crippen molar-refractivity contribution < 1.29 is 99.7 Å². The second-order valence-electron chi connectivity index (χ2n) is 41.8. The van der Waals surface area contributed by atoms with E-state index in [0.29, 0.717) is 93.6 Å². The first-order valence-electron chi connectivity index (χ1n) is 47.1.